The first-order chi connectivity index (χ1) is 8.69. The van der Waals surface area contributed by atoms with Crippen LogP contribution in [0.1, 0.15) is 5.56 Å². The highest BCUT2D eigenvalue weighted by molar-refractivity contribution is 6.30. The number of morpholine rings is 1. The Morgan fingerprint density at radius 1 is 1.56 bits per heavy atom. The molecule has 18 heavy (non-hydrogen) atoms. The summed E-state index contributed by atoms with van der Waals surface area (Å²) < 4.78 is 5.65. The monoisotopic (exact) mass is 270 g/mol. The maximum absolute atomic E-state index is 9.81. The average molecular weight is 271 g/mol. The summed E-state index contributed by atoms with van der Waals surface area (Å²) >= 11 is 5.95. The van der Waals surface area contributed by atoms with Gasteiger partial charge in [0.05, 0.1) is 12.7 Å². The Morgan fingerprint density at radius 3 is 3.17 bits per heavy atom. The van der Waals surface area contributed by atoms with Crippen molar-refractivity contribution >= 4 is 11.6 Å². The van der Waals surface area contributed by atoms with Gasteiger partial charge in [-0.15, -0.1) is 0 Å². The third-order valence-electron chi connectivity index (χ3n) is 3.09. The summed E-state index contributed by atoms with van der Waals surface area (Å²) in [5.41, 5.74) is 0.868. The second kappa shape index (κ2) is 6.38. The van der Waals surface area contributed by atoms with Gasteiger partial charge in [-0.2, -0.15) is 0 Å². The van der Waals surface area contributed by atoms with Crippen LogP contribution >= 0.6 is 11.6 Å². The van der Waals surface area contributed by atoms with Crippen LogP contribution in [-0.2, 0) is 11.3 Å². The van der Waals surface area contributed by atoms with E-state index in [9.17, 15) is 5.11 Å². The van der Waals surface area contributed by atoms with Crippen LogP contribution in [0.25, 0.3) is 0 Å². The van der Waals surface area contributed by atoms with Gasteiger partial charge in [0, 0.05) is 36.8 Å². The zero-order valence-corrected chi connectivity index (χ0v) is 11.3. The van der Waals surface area contributed by atoms with E-state index in [0.717, 1.165) is 31.8 Å². The minimum Gasteiger partial charge on any atom is -0.508 e. The molecule has 0 bridgehead atoms. The van der Waals surface area contributed by atoms with Crippen molar-refractivity contribution in [2.24, 2.45) is 0 Å². The maximum Gasteiger partial charge on any atom is 0.120 e. The highest BCUT2D eigenvalue weighted by atomic mass is 35.5. The molecule has 4 nitrogen and oxygen atoms in total. The number of nitrogens with zero attached hydrogens (tertiary/aromatic N) is 1. The molecule has 1 aliphatic heterocycles. The van der Waals surface area contributed by atoms with E-state index in [1.165, 1.54) is 0 Å². The topological polar surface area (TPSA) is 44.7 Å². The quantitative estimate of drug-likeness (QED) is 0.870. The highest BCUT2D eigenvalue weighted by Gasteiger charge is 2.20. The number of benzene rings is 1. The fourth-order valence-electron chi connectivity index (χ4n) is 2.20. The average Bonchev–Trinajstić information content (AvgIpc) is 2.35. The smallest absolute Gasteiger partial charge is 0.120 e. The van der Waals surface area contributed by atoms with Crippen molar-refractivity contribution in [1.82, 2.24) is 10.2 Å². The van der Waals surface area contributed by atoms with Gasteiger partial charge in [0.15, 0.2) is 0 Å². The molecule has 0 radical (unpaired) electrons. The Bertz CT molecular complexity index is 399. The SMILES string of the molecule is CNCC1CN(Cc2cc(Cl)ccc2O)CCO1. The zero-order chi connectivity index (χ0) is 13.0. The van der Waals surface area contributed by atoms with Gasteiger partial charge >= 0.3 is 0 Å². The molecule has 1 aliphatic rings. The summed E-state index contributed by atoms with van der Waals surface area (Å²) in [6.07, 6.45) is 0.213. The molecular formula is C13H19ClN2O2. The van der Waals surface area contributed by atoms with Gasteiger partial charge in [0.1, 0.15) is 5.75 Å². The summed E-state index contributed by atoms with van der Waals surface area (Å²) in [6.45, 7) is 4.03. The van der Waals surface area contributed by atoms with E-state index < -0.39 is 0 Å². The first-order valence-corrected chi connectivity index (χ1v) is 6.53. The van der Waals surface area contributed by atoms with Crippen molar-refractivity contribution in [2.75, 3.05) is 33.3 Å². The van der Waals surface area contributed by atoms with Crippen molar-refractivity contribution in [3.05, 3.63) is 28.8 Å². The number of rotatable bonds is 4. The Labute approximate surface area is 113 Å². The number of halogens is 1. The van der Waals surface area contributed by atoms with Crippen LogP contribution in [0.5, 0.6) is 5.75 Å². The number of phenolic OH excluding ortho intramolecular Hbond substituents is 1. The van der Waals surface area contributed by atoms with Crippen molar-refractivity contribution < 1.29 is 9.84 Å². The Morgan fingerprint density at radius 2 is 2.39 bits per heavy atom. The van der Waals surface area contributed by atoms with E-state index in [2.05, 4.69) is 10.2 Å². The van der Waals surface area contributed by atoms with Crippen LogP contribution in [-0.4, -0.2) is 49.4 Å². The van der Waals surface area contributed by atoms with E-state index in [1.807, 2.05) is 13.1 Å². The number of likely N-dealkylation sites (N-methyl/N-ethyl adjacent to an activating group) is 1. The van der Waals surface area contributed by atoms with Crippen LogP contribution in [0.15, 0.2) is 18.2 Å². The van der Waals surface area contributed by atoms with Crippen LogP contribution in [0.2, 0.25) is 5.02 Å². The van der Waals surface area contributed by atoms with Gasteiger partial charge in [0.2, 0.25) is 0 Å². The van der Waals surface area contributed by atoms with Crippen LogP contribution < -0.4 is 5.32 Å². The molecule has 100 valence electrons. The van der Waals surface area contributed by atoms with Crippen LogP contribution in [0.4, 0.5) is 0 Å². The zero-order valence-electron chi connectivity index (χ0n) is 10.5. The van der Waals surface area contributed by atoms with E-state index in [-0.39, 0.29) is 6.10 Å². The predicted molar refractivity (Wildman–Crippen MR) is 72.1 cm³/mol. The number of ether oxygens (including phenoxy) is 1. The fourth-order valence-corrected chi connectivity index (χ4v) is 2.39. The number of hydrogen-bond acceptors (Lipinski definition) is 4. The molecule has 0 aromatic heterocycles. The number of nitrogens with one attached hydrogen (secondary N) is 1. The standard InChI is InChI=1S/C13H19ClN2O2/c1-15-7-12-9-16(4-5-18-12)8-10-6-11(14)2-3-13(10)17/h2-3,6,12,15,17H,4-5,7-9H2,1H3. The predicted octanol–water partition coefficient (Wildman–Crippen LogP) is 1.47. The molecule has 1 heterocycles. The van der Waals surface area contributed by atoms with Gasteiger partial charge in [-0.1, -0.05) is 11.6 Å². The summed E-state index contributed by atoms with van der Waals surface area (Å²) in [4.78, 5) is 2.27. The van der Waals surface area contributed by atoms with Gasteiger partial charge < -0.3 is 15.2 Å². The Balaban J connectivity index is 1.98. The van der Waals surface area contributed by atoms with Crippen molar-refractivity contribution in [3.8, 4) is 5.75 Å². The molecule has 1 fully saturated rings. The summed E-state index contributed by atoms with van der Waals surface area (Å²) in [6, 6.07) is 5.16. The number of hydrogen-bond donors (Lipinski definition) is 2. The molecule has 1 atom stereocenters. The molecule has 1 unspecified atom stereocenters. The van der Waals surface area contributed by atoms with Crippen LogP contribution in [0.3, 0.4) is 0 Å². The fraction of sp³-hybridized carbons (Fsp3) is 0.538. The highest BCUT2D eigenvalue weighted by Crippen LogP contribution is 2.23. The molecule has 1 aromatic carbocycles. The Hall–Kier alpha value is -0.810. The van der Waals surface area contributed by atoms with Gasteiger partial charge in [-0.05, 0) is 25.2 Å². The third kappa shape index (κ3) is 3.59. The van der Waals surface area contributed by atoms with E-state index in [0.29, 0.717) is 17.3 Å². The molecule has 5 heteroatoms. The molecule has 2 N–H and O–H groups in total. The lowest BCUT2D eigenvalue weighted by Gasteiger charge is -2.33. The van der Waals surface area contributed by atoms with E-state index in [4.69, 9.17) is 16.3 Å². The van der Waals surface area contributed by atoms with E-state index in [1.54, 1.807) is 12.1 Å². The largest absolute Gasteiger partial charge is 0.508 e. The summed E-state index contributed by atoms with van der Waals surface area (Å²) in [7, 11) is 1.92. The first kappa shape index (κ1) is 13.6. The Kier molecular flexibility index (Phi) is 4.83. The summed E-state index contributed by atoms with van der Waals surface area (Å²) in [5, 5.41) is 13.6. The van der Waals surface area contributed by atoms with Crippen molar-refractivity contribution in [2.45, 2.75) is 12.6 Å². The van der Waals surface area contributed by atoms with Crippen molar-refractivity contribution in [1.29, 1.82) is 0 Å². The number of phenols is 1. The molecule has 1 aromatic rings. The lowest BCUT2D eigenvalue weighted by Crippen LogP contribution is -2.45. The lowest BCUT2D eigenvalue weighted by atomic mass is 10.1. The normalized spacial score (nSPS) is 21.1. The van der Waals surface area contributed by atoms with Gasteiger partial charge in [-0.25, -0.2) is 0 Å². The summed E-state index contributed by atoms with van der Waals surface area (Å²) in [5.74, 6) is 0.302. The number of aromatic hydroxyl groups is 1. The first-order valence-electron chi connectivity index (χ1n) is 6.15. The lowest BCUT2D eigenvalue weighted by molar-refractivity contribution is -0.0293. The minimum atomic E-state index is 0.213. The molecule has 0 amide bonds. The van der Waals surface area contributed by atoms with Gasteiger partial charge in [0.25, 0.3) is 0 Å². The molecule has 0 saturated carbocycles. The van der Waals surface area contributed by atoms with Crippen molar-refractivity contribution in [3.63, 3.8) is 0 Å². The molecule has 2 rings (SSSR count). The second-order valence-electron chi connectivity index (χ2n) is 4.56. The molecule has 0 spiro atoms. The minimum absolute atomic E-state index is 0.213. The van der Waals surface area contributed by atoms with E-state index >= 15 is 0 Å². The third-order valence-corrected chi connectivity index (χ3v) is 3.33. The molecule has 1 saturated heterocycles. The second-order valence-corrected chi connectivity index (χ2v) is 5.00. The van der Waals surface area contributed by atoms with Crippen LogP contribution in [0, 0.1) is 0 Å². The maximum atomic E-state index is 9.81. The van der Waals surface area contributed by atoms with Gasteiger partial charge in [-0.3, -0.25) is 4.90 Å². The molecule has 0 aliphatic carbocycles. The molecular weight excluding hydrogens is 252 g/mol.